The van der Waals surface area contributed by atoms with Gasteiger partial charge in [-0.25, -0.2) is 0 Å². The Bertz CT molecular complexity index is 574. The number of aryl methyl sites for hydroxylation is 2. The molecule has 1 unspecified atom stereocenters. The normalized spacial score (nSPS) is 12.2. The van der Waals surface area contributed by atoms with E-state index in [4.69, 9.17) is 0 Å². The average Bonchev–Trinajstić information content (AvgIpc) is 2.40. The summed E-state index contributed by atoms with van der Waals surface area (Å²) in [6.07, 6.45) is 0.962. The van der Waals surface area contributed by atoms with Gasteiger partial charge in [-0.15, -0.1) is 0 Å². The van der Waals surface area contributed by atoms with Gasteiger partial charge in [-0.2, -0.15) is 0 Å². The zero-order chi connectivity index (χ0) is 14.7. The zero-order valence-corrected chi connectivity index (χ0v) is 12.7. The van der Waals surface area contributed by atoms with E-state index in [1.54, 1.807) is 12.1 Å². The molecule has 0 aliphatic rings. The van der Waals surface area contributed by atoms with E-state index in [9.17, 15) is 5.11 Å². The number of hydrogen-bond donors (Lipinski definition) is 1. The predicted octanol–water partition coefficient (Wildman–Crippen LogP) is 4.08. The van der Waals surface area contributed by atoms with E-state index in [1.165, 1.54) is 22.4 Å². The second kappa shape index (κ2) is 6.00. The third-order valence-electron chi connectivity index (χ3n) is 3.86. The third-order valence-corrected chi connectivity index (χ3v) is 3.86. The number of aromatic hydroxyl groups is 1. The molecule has 20 heavy (non-hydrogen) atoms. The van der Waals surface area contributed by atoms with Crippen molar-refractivity contribution in [2.45, 2.75) is 33.2 Å². The molecule has 0 radical (unpaired) electrons. The molecule has 2 rings (SSSR count). The SMILES string of the molecule is Cc1ccc(N(C)C(C)Cc2ccc(O)cc2)c(C)c1. The van der Waals surface area contributed by atoms with Crippen LogP contribution in [0.4, 0.5) is 5.69 Å². The van der Waals surface area contributed by atoms with Crippen LogP contribution >= 0.6 is 0 Å². The first-order chi connectivity index (χ1) is 9.47. The average molecular weight is 269 g/mol. The van der Waals surface area contributed by atoms with Crippen molar-refractivity contribution in [3.63, 3.8) is 0 Å². The summed E-state index contributed by atoms with van der Waals surface area (Å²) in [5.41, 5.74) is 5.13. The van der Waals surface area contributed by atoms with Gasteiger partial charge in [0.25, 0.3) is 0 Å². The molecular weight excluding hydrogens is 246 g/mol. The second-order valence-corrected chi connectivity index (χ2v) is 5.62. The molecule has 2 aromatic carbocycles. The van der Waals surface area contributed by atoms with Crippen LogP contribution in [-0.2, 0) is 6.42 Å². The Labute approximate surface area is 121 Å². The molecule has 0 fully saturated rings. The van der Waals surface area contributed by atoms with Crippen LogP contribution < -0.4 is 4.90 Å². The van der Waals surface area contributed by atoms with Gasteiger partial charge in [0, 0.05) is 18.8 Å². The van der Waals surface area contributed by atoms with Gasteiger partial charge in [0.05, 0.1) is 0 Å². The van der Waals surface area contributed by atoms with Crippen LogP contribution in [0.25, 0.3) is 0 Å². The Morgan fingerprint density at radius 1 is 1.05 bits per heavy atom. The van der Waals surface area contributed by atoms with E-state index in [-0.39, 0.29) is 0 Å². The molecule has 0 bridgehead atoms. The smallest absolute Gasteiger partial charge is 0.115 e. The number of phenolic OH excluding ortho intramolecular Hbond substituents is 1. The van der Waals surface area contributed by atoms with Crippen molar-refractivity contribution in [1.82, 2.24) is 0 Å². The Balaban J connectivity index is 2.11. The van der Waals surface area contributed by atoms with E-state index in [0.717, 1.165) is 6.42 Å². The van der Waals surface area contributed by atoms with Gasteiger partial charge in [-0.1, -0.05) is 29.8 Å². The molecule has 2 nitrogen and oxygen atoms in total. The van der Waals surface area contributed by atoms with Gasteiger partial charge < -0.3 is 10.0 Å². The number of rotatable bonds is 4. The van der Waals surface area contributed by atoms with Gasteiger partial charge in [-0.3, -0.25) is 0 Å². The van der Waals surface area contributed by atoms with Crippen molar-refractivity contribution in [3.05, 3.63) is 59.2 Å². The highest BCUT2D eigenvalue weighted by Crippen LogP contribution is 2.23. The number of benzene rings is 2. The zero-order valence-electron chi connectivity index (χ0n) is 12.7. The molecule has 0 heterocycles. The molecule has 0 aliphatic heterocycles. The third kappa shape index (κ3) is 3.32. The summed E-state index contributed by atoms with van der Waals surface area (Å²) in [7, 11) is 2.14. The molecule has 1 atom stereocenters. The minimum absolute atomic E-state index is 0.323. The lowest BCUT2D eigenvalue weighted by Crippen LogP contribution is -2.31. The highest BCUT2D eigenvalue weighted by Gasteiger charge is 2.12. The Morgan fingerprint density at radius 2 is 1.70 bits per heavy atom. The summed E-state index contributed by atoms with van der Waals surface area (Å²) in [5, 5.41) is 9.33. The van der Waals surface area contributed by atoms with Crippen LogP contribution in [0.15, 0.2) is 42.5 Å². The van der Waals surface area contributed by atoms with Crippen molar-refractivity contribution >= 4 is 5.69 Å². The standard InChI is InChI=1S/C18H23NO/c1-13-5-10-18(14(2)11-13)19(4)15(3)12-16-6-8-17(20)9-7-16/h5-11,15,20H,12H2,1-4H3. The fourth-order valence-electron chi connectivity index (χ4n) is 2.55. The van der Waals surface area contributed by atoms with Crippen LogP contribution in [0.3, 0.4) is 0 Å². The van der Waals surface area contributed by atoms with Crippen molar-refractivity contribution in [1.29, 1.82) is 0 Å². The lowest BCUT2D eigenvalue weighted by molar-refractivity contribution is 0.475. The number of likely N-dealkylation sites (N-methyl/N-ethyl adjacent to an activating group) is 1. The van der Waals surface area contributed by atoms with E-state index >= 15 is 0 Å². The maximum absolute atomic E-state index is 9.33. The molecule has 0 aliphatic carbocycles. The summed E-state index contributed by atoms with van der Waals surface area (Å²) < 4.78 is 0. The first kappa shape index (κ1) is 14.4. The van der Waals surface area contributed by atoms with Crippen molar-refractivity contribution in [2.24, 2.45) is 0 Å². The highest BCUT2D eigenvalue weighted by atomic mass is 16.3. The molecule has 1 N–H and O–H groups in total. The molecule has 0 amide bonds. The van der Waals surface area contributed by atoms with Crippen LogP contribution in [-0.4, -0.2) is 18.2 Å². The second-order valence-electron chi connectivity index (χ2n) is 5.62. The van der Waals surface area contributed by atoms with E-state index < -0.39 is 0 Å². The summed E-state index contributed by atoms with van der Waals surface area (Å²) in [4.78, 5) is 2.32. The minimum Gasteiger partial charge on any atom is -0.508 e. The lowest BCUT2D eigenvalue weighted by Gasteiger charge is -2.29. The number of hydrogen-bond acceptors (Lipinski definition) is 2. The molecule has 106 valence electrons. The summed E-state index contributed by atoms with van der Waals surface area (Å²) in [6.45, 7) is 6.51. The number of phenols is 1. The molecule has 0 saturated heterocycles. The number of nitrogens with zero attached hydrogens (tertiary/aromatic N) is 1. The first-order valence-corrected chi connectivity index (χ1v) is 7.05. The summed E-state index contributed by atoms with van der Waals surface area (Å²) >= 11 is 0. The van der Waals surface area contributed by atoms with E-state index in [1.807, 2.05) is 12.1 Å². The van der Waals surface area contributed by atoms with Crippen LogP contribution in [0, 0.1) is 13.8 Å². The van der Waals surface area contributed by atoms with Crippen LogP contribution in [0.1, 0.15) is 23.6 Å². The topological polar surface area (TPSA) is 23.5 Å². The van der Waals surface area contributed by atoms with Crippen molar-refractivity contribution < 1.29 is 5.11 Å². The lowest BCUT2D eigenvalue weighted by atomic mass is 10.0. The number of anilines is 1. The van der Waals surface area contributed by atoms with Crippen LogP contribution in [0.5, 0.6) is 5.75 Å². The monoisotopic (exact) mass is 269 g/mol. The van der Waals surface area contributed by atoms with Crippen molar-refractivity contribution in [3.8, 4) is 5.75 Å². The summed E-state index contributed by atoms with van der Waals surface area (Å²) in [6, 6.07) is 14.5. The van der Waals surface area contributed by atoms with Gasteiger partial charge in [0.1, 0.15) is 5.75 Å². The van der Waals surface area contributed by atoms with Gasteiger partial charge in [0.2, 0.25) is 0 Å². The molecule has 2 aromatic rings. The first-order valence-electron chi connectivity index (χ1n) is 7.05. The van der Waals surface area contributed by atoms with E-state index in [2.05, 4.69) is 50.9 Å². The molecule has 0 spiro atoms. The van der Waals surface area contributed by atoms with Gasteiger partial charge in [-0.05, 0) is 56.5 Å². The van der Waals surface area contributed by atoms with E-state index in [0.29, 0.717) is 11.8 Å². The molecule has 0 aromatic heterocycles. The molecule has 2 heteroatoms. The minimum atomic E-state index is 0.323. The maximum atomic E-state index is 9.33. The van der Waals surface area contributed by atoms with Gasteiger partial charge >= 0.3 is 0 Å². The highest BCUT2D eigenvalue weighted by molar-refractivity contribution is 5.54. The quantitative estimate of drug-likeness (QED) is 0.904. The maximum Gasteiger partial charge on any atom is 0.115 e. The Hall–Kier alpha value is -1.96. The largest absolute Gasteiger partial charge is 0.508 e. The fourth-order valence-corrected chi connectivity index (χ4v) is 2.55. The Morgan fingerprint density at radius 3 is 2.30 bits per heavy atom. The van der Waals surface area contributed by atoms with Crippen LogP contribution in [0.2, 0.25) is 0 Å². The van der Waals surface area contributed by atoms with Crippen molar-refractivity contribution in [2.75, 3.05) is 11.9 Å². The predicted molar refractivity (Wildman–Crippen MR) is 85.6 cm³/mol. The molecular formula is C18H23NO. The fraction of sp³-hybridized carbons (Fsp3) is 0.333. The summed E-state index contributed by atoms with van der Waals surface area (Å²) in [5.74, 6) is 0.323. The molecule has 0 saturated carbocycles. The van der Waals surface area contributed by atoms with Gasteiger partial charge in [0.15, 0.2) is 0 Å². The Kier molecular flexibility index (Phi) is 4.33.